The highest BCUT2D eigenvalue weighted by Crippen LogP contribution is 2.44. The van der Waals surface area contributed by atoms with Crippen LogP contribution in [0.2, 0.25) is 0 Å². The largest absolute Gasteiger partial charge is 0.213 e. The molecule has 0 amide bonds. The smallest absolute Gasteiger partial charge is 0.201 e. The van der Waals surface area contributed by atoms with Gasteiger partial charge < -0.3 is 0 Å². The van der Waals surface area contributed by atoms with Gasteiger partial charge in [-0.3, -0.25) is 0 Å². The first-order valence-electron chi connectivity index (χ1n) is 10.3. The first-order chi connectivity index (χ1) is 14.0. The van der Waals surface area contributed by atoms with Gasteiger partial charge in [0.2, 0.25) is 5.69 Å². The molecule has 5 rings (SSSR count). The first-order valence-corrected chi connectivity index (χ1v) is 10.3. The van der Waals surface area contributed by atoms with Crippen LogP contribution in [0.3, 0.4) is 0 Å². The Hall–Kier alpha value is -3.19. The van der Waals surface area contributed by atoms with Gasteiger partial charge in [-0.05, 0) is 71.7 Å². The Morgan fingerprint density at radius 1 is 0.690 bits per heavy atom. The quantitative estimate of drug-likeness (QED) is 0.316. The molecule has 1 aliphatic carbocycles. The predicted octanol–water partition coefficient (Wildman–Crippen LogP) is 6.34. The lowest BCUT2D eigenvalue weighted by Gasteiger charge is -2.14. The van der Waals surface area contributed by atoms with Crippen LogP contribution in [-0.2, 0) is 13.5 Å². The summed E-state index contributed by atoms with van der Waals surface area (Å²) in [5.74, 6) is 0. The van der Waals surface area contributed by atoms with E-state index in [9.17, 15) is 0 Å². The molecule has 1 nitrogen and oxygen atoms in total. The van der Waals surface area contributed by atoms with E-state index in [-0.39, 0.29) is 0 Å². The van der Waals surface area contributed by atoms with Crippen LogP contribution in [0.15, 0.2) is 72.9 Å². The molecule has 0 N–H and O–H groups in total. The first kappa shape index (κ1) is 17.9. The molecule has 0 saturated carbocycles. The Morgan fingerprint density at radius 2 is 1.45 bits per heavy atom. The van der Waals surface area contributed by atoms with Crippen molar-refractivity contribution >= 4 is 0 Å². The second kappa shape index (κ2) is 6.70. The van der Waals surface area contributed by atoms with E-state index in [1.54, 1.807) is 0 Å². The number of nitrogens with zero attached hydrogens (tertiary/aromatic N) is 1. The van der Waals surface area contributed by atoms with Gasteiger partial charge in [-0.25, -0.2) is 4.57 Å². The van der Waals surface area contributed by atoms with Crippen LogP contribution in [0.5, 0.6) is 0 Å². The monoisotopic (exact) mass is 376 g/mol. The molecule has 0 radical (unpaired) electrons. The van der Waals surface area contributed by atoms with E-state index in [4.69, 9.17) is 0 Å². The van der Waals surface area contributed by atoms with Crippen LogP contribution in [0.1, 0.15) is 27.8 Å². The summed E-state index contributed by atoms with van der Waals surface area (Å²) in [5.41, 5.74) is 15.0. The highest BCUT2D eigenvalue weighted by molar-refractivity contribution is 5.87. The van der Waals surface area contributed by atoms with Crippen molar-refractivity contribution in [3.8, 4) is 33.5 Å². The molecule has 0 fully saturated rings. The number of rotatable bonds is 2. The Morgan fingerprint density at radius 3 is 2.24 bits per heavy atom. The van der Waals surface area contributed by atoms with Gasteiger partial charge in [-0.1, -0.05) is 60.7 Å². The van der Waals surface area contributed by atoms with E-state index in [1.165, 1.54) is 61.3 Å². The summed E-state index contributed by atoms with van der Waals surface area (Å²) in [7, 11) is 2.17. The van der Waals surface area contributed by atoms with Crippen LogP contribution in [0.25, 0.3) is 33.5 Å². The van der Waals surface area contributed by atoms with E-state index in [1.807, 2.05) is 0 Å². The third-order valence-electron chi connectivity index (χ3n) is 6.33. The zero-order valence-corrected chi connectivity index (χ0v) is 17.6. The number of aryl methyl sites for hydroxylation is 4. The Kier molecular flexibility index (Phi) is 4.13. The molecule has 1 heterocycles. The summed E-state index contributed by atoms with van der Waals surface area (Å²) >= 11 is 0. The molecule has 0 aliphatic heterocycles. The van der Waals surface area contributed by atoms with E-state index < -0.39 is 0 Å². The summed E-state index contributed by atoms with van der Waals surface area (Å²) in [5, 5.41) is 0. The summed E-state index contributed by atoms with van der Waals surface area (Å²) in [6.07, 6.45) is 3.28. The Bertz CT molecular complexity index is 1250. The third kappa shape index (κ3) is 2.81. The Balaban J connectivity index is 1.76. The van der Waals surface area contributed by atoms with Gasteiger partial charge in [-0.2, -0.15) is 0 Å². The van der Waals surface area contributed by atoms with E-state index in [2.05, 4.69) is 105 Å². The van der Waals surface area contributed by atoms with Gasteiger partial charge in [0.1, 0.15) is 7.05 Å². The van der Waals surface area contributed by atoms with Gasteiger partial charge >= 0.3 is 0 Å². The molecule has 4 aromatic rings. The molecule has 1 aliphatic rings. The van der Waals surface area contributed by atoms with Crippen molar-refractivity contribution in [2.75, 3.05) is 0 Å². The highest BCUT2D eigenvalue weighted by atomic mass is 14.9. The molecule has 0 bridgehead atoms. The maximum Gasteiger partial charge on any atom is 0.213 e. The van der Waals surface area contributed by atoms with Crippen molar-refractivity contribution in [3.05, 3.63) is 101 Å². The summed E-state index contributed by atoms with van der Waals surface area (Å²) in [6, 6.07) is 24.4. The molecular formula is C28H26N+. The average Bonchev–Trinajstić information content (AvgIpc) is 3.09. The maximum atomic E-state index is 2.38. The highest BCUT2D eigenvalue weighted by Gasteiger charge is 2.27. The van der Waals surface area contributed by atoms with Crippen molar-refractivity contribution in [1.82, 2.24) is 0 Å². The van der Waals surface area contributed by atoms with Gasteiger partial charge in [-0.15, -0.1) is 0 Å². The van der Waals surface area contributed by atoms with Crippen LogP contribution in [-0.4, -0.2) is 0 Å². The number of aromatic nitrogens is 1. The van der Waals surface area contributed by atoms with Gasteiger partial charge in [0, 0.05) is 11.6 Å². The number of hydrogen-bond donors (Lipinski definition) is 0. The van der Waals surface area contributed by atoms with E-state index >= 15 is 0 Å². The molecule has 0 unspecified atom stereocenters. The minimum absolute atomic E-state index is 1.01. The number of fused-ring (bicyclic) bond motifs is 3. The summed E-state index contributed by atoms with van der Waals surface area (Å²) in [6.45, 7) is 6.67. The van der Waals surface area contributed by atoms with Crippen LogP contribution < -0.4 is 4.57 Å². The molecule has 142 valence electrons. The van der Waals surface area contributed by atoms with Crippen molar-refractivity contribution in [2.24, 2.45) is 7.05 Å². The zero-order chi connectivity index (χ0) is 20.1. The Labute approximate surface area is 173 Å². The molecular weight excluding hydrogens is 350 g/mol. The van der Waals surface area contributed by atoms with Crippen molar-refractivity contribution in [1.29, 1.82) is 0 Å². The molecule has 0 saturated heterocycles. The SMILES string of the molecule is Cc1c[n+](C)c(-c2c(C)ccc3c2Cc2cccc(C)c2-3)cc1-c1ccccc1. The number of hydrogen-bond acceptors (Lipinski definition) is 0. The number of pyridine rings is 1. The van der Waals surface area contributed by atoms with Crippen molar-refractivity contribution in [3.63, 3.8) is 0 Å². The topological polar surface area (TPSA) is 3.88 Å². The molecule has 0 atom stereocenters. The second-order valence-electron chi connectivity index (χ2n) is 8.30. The molecule has 1 heteroatoms. The van der Waals surface area contributed by atoms with Gasteiger partial charge in [0.15, 0.2) is 6.20 Å². The standard InChI is InChI=1S/C28H26N/c1-18-9-8-12-22-15-25-23(27(18)22)14-13-19(2)28(25)26-16-24(20(3)17-29(26)4)21-10-6-5-7-11-21/h5-14,16-17H,15H2,1-4H3/q+1. The van der Waals surface area contributed by atoms with Crippen molar-refractivity contribution in [2.45, 2.75) is 27.2 Å². The molecule has 3 aromatic carbocycles. The van der Waals surface area contributed by atoms with E-state index in [0.29, 0.717) is 0 Å². The molecule has 1 aromatic heterocycles. The van der Waals surface area contributed by atoms with Crippen LogP contribution in [0, 0.1) is 20.8 Å². The lowest BCUT2D eigenvalue weighted by Crippen LogP contribution is -2.31. The predicted molar refractivity (Wildman–Crippen MR) is 121 cm³/mol. The maximum absolute atomic E-state index is 2.38. The average molecular weight is 377 g/mol. The minimum atomic E-state index is 1.01. The number of benzene rings is 3. The molecule has 29 heavy (non-hydrogen) atoms. The van der Waals surface area contributed by atoms with Gasteiger partial charge in [0.05, 0.1) is 5.56 Å². The van der Waals surface area contributed by atoms with Crippen molar-refractivity contribution < 1.29 is 4.57 Å². The fraction of sp³-hybridized carbons (Fsp3) is 0.179. The lowest BCUT2D eigenvalue weighted by molar-refractivity contribution is -0.660. The van der Waals surface area contributed by atoms with Gasteiger partial charge in [0.25, 0.3) is 0 Å². The fourth-order valence-corrected chi connectivity index (χ4v) is 4.95. The third-order valence-corrected chi connectivity index (χ3v) is 6.33. The molecule has 0 spiro atoms. The van der Waals surface area contributed by atoms with E-state index in [0.717, 1.165) is 6.42 Å². The summed E-state index contributed by atoms with van der Waals surface area (Å²) < 4.78 is 2.29. The second-order valence-corrected chi connectivity index (χ2v) is 8.30. The normalized spacial score (nSPS) is 12.0. The fourth-order valence-electron chi connectivity index (χ4n) is 4.95. The lowest BCUT2D eigenvalue weighted by atomic mass is 9.91. The van der Waals surface area contributed by atoms with Crippen LogP contribution in [0.4, 0.5) is 0 Å². The summed E-state index contributed by atoms with van der Waals surface area (Å²) in [4.78, 5) is 0. The zero-order valence-electron chi connectivity index (χ0n) is 17.6. The minimum Gasteiger partial charge on any atom is -0.201 e. The van der Waals surface area contributed by atoms with Crippen LogP contribution >= 0.6 is 0 Å².